The minimum atomic E-state index is -0.0157. The van der Waals surface area contributed by atoms with E-state index in [0.717, 1.165) is 42.8 Å². The zero-order chi connectivity index (χ0) is 16.8. The van der Waals surface area contributed by atoms with E-state index in [2.05, 4.69) is 11.4 Å². The molecule has 2 aromatic carbocycles. The van der Waals surface area contributed by atoms with Gasteiger partial charge in [0.1, 0.15) is 5.75 Å². The van der Waals surface area contributed by atoms with Gasteiger partial charge in [-0.25, -0.2) is 4.79 Å². The Hall–Kier alpha value is -2.49. The highest BCUT2D eigenvalue weighted by molar-refractivity contribution is 5.93. The zero-order valence-corrected chi connectivity index (χ0v) is 14.1. The predicted octanol–water partition coefficient (Wildman–Crippen LogP) is 3.93. The fourth-order valence-electron chi connectivity index (χ4n) is 3.01. The summed E-state index contributed by atoms with van der Waals surface area (Å²) < 4.78 is 5.76. The largest absolute Gasteiger partial charge is 0.493 e. The van der Waals surface area contributed by atoms with Crippen LogP contribution in [0.15, 0.2) is 48.5 Å². The summed E-state index contributed by atoms with van der Waals surface area (Å²) in [4.78, 5) is 14.3. The molecule has 1 aliphatic rings. The number of ether oxygens (including phenoxy) is 1. The maximum absolute atomic E-state index is 12.4. The number of urea groups is 1. The van der Waals surface area contributed by atoms with Crippen molar-refractivity contribution in [1.82, 2.24) is 5.32 Å². The highest BCUT2D eigenvalue weighted by Gasteiger charge is 2.21. The van der Waals surface area contributed by atoms with Crippen molar-refractivity contribution >= 4 is 11.7 Å². The summed E-state index contributed by atoms with van der Waals surface area (Å²) in [5.74, 6) is 0.911. The smallest absolute Gasteiger partial charge is 0.321 e. The summed E-state index contributed by atoms with van der Waals surface area (Å²) in [5.41, 5.74) is 3.42. The summed E-state index contributed by atoms with van der Waals surface area (Å²) >= 11 is 0. The normalized spacial score (nSPS) is 13.3. The second-order valence-corrected chi connectivity index (χ2v) is 6.08. The fourth-order valence-corrected chi connectivity index (χ4v) is 3.01. The summed E-state index contributed by atoms with van der Waals surface area (Å²) in [6.07, 6.45) is 2.85. The maximum atomic E-state index is 12.4. The van der Waals surface area contributed by atoms with Gasteiger partial charge < -0.3 is 10.1 Å². The molecule has 0 aromatic heterocycles. The van der Waals surface area contributed by atoms with Crippen LogP contribution in [0.25, 0.3) is 0 Å². The third-order valence-electron chi connectivity index (χ3n) is 4.30. The van der Waals surface area contributed by atoms with E-state index in [0.29, 0.717) is 13.2 Å². The number of benzene rings is 2. The first kappa shape index (κ1) is 16.4. The number of carbonyl (C=O) groups is 1. The van der Waals surface area contributed by atoms with E-state index in [1.807, 2.05) is 54.3 Å². The van der Waals surface area contributed by atoms with Crippen molar-refractivity contribution in [2.75, 3.05) is 24.6 Å². The van der Waals surface area contributed by atoms with E-state index in [9.17, 15) is 4.79 Å². The van der Waals surface area contributed by atoms with E-state index in [4.69, 9.17) is 4.74 Å². The lowest BCUT2D eigenvalue weighted by atomic mass is 10.0. The molecular weight excluding hydrogens is 300 g/mol. The SMILES string of the molecule is Cc1ccccc1OCCCNC(=O)N1CCCc2ccccc21. The van der Waals surface area contributed by atoms with Crippen molar-refractivity contribution < 1.29 is 9.53 Å². The molecule has 0 saturated heterocycles. The lowest BCUT2D eigenvalue weighted by molar-refractivity contribution is 0.244. The first-order chi connectivity index (χ1) is 11.8. The number of carbonyl (C=O) groups excluding carboxylic acids is 1. The van der Waals surface area contributed by atoms with Gasteiger partial charge in [-0.1, -0.05) is 36.4 Å². The van der Waals surface area contributed by atoms with Crippen LogP contribution < -0.4 is 15.0 Å². The summed E-state index contributed by atoms with van der Waals surface area (Å²) in [7, 11) is 0. The van der Waals surface area contributed by atoms with Crippen molar-refractivity contribution in [2.24, 2.45) is 0 Å². The van der Waals surface area contributed by atoms with E-state index >= 15 is 0 Å². The van der Waals surface area contributed by atoms with Crippen LogP contribution in [-0.4, -0.2) is 25.7 Å². The van der Waals surface area contributed by atoms with E-state index in [1.54, 1.807) is 0 Å². The molecule has 0 spiro atoms. The van der Waals surface area contributed by atoms with Gasteiger partial charge in [-0.05, 0) is 49.4 Å². The van der Waals surface area contributed by atoms with Gasteiger partial charge in [-0.2, -0.15) is 0 Å². The minimum Gasteiger partial charge on any atom is -0.493 e. The Kier molecular flexibility index (Phi) is 5.36. The lowest BCUT2D eigenvalue weighted by Crippen LogP contribution is -2.43. The van der Waals surface area contributed by atoms with Crippen molar-refractivity contribution in [3.63, 3.8) is 0 Å². The molecule has 3 rings (SSSR count). The zero-order valence-electron chi connectivity index (χ0n) is 14.1. The Labute approximate surface area is 143 Å². The van der Waals surface area contributed by atoms with Crippen LogP contribution in [0.5, 0.6) is 5.75 Å². The summed E-state index contributed by atoms with van der Waals surface area (Å²) in [6, 6.07) is 16.1. The molecule has 1 N–H and O–H groups in total. The number of nitrogens with one attached hydrogen (secondary N) is 1. The number of hydrogen-bond acceptors (Lipinski definition) is 2. The number of nitrogens with zero attached hydrogens (tertiary/aromatic N) is 1. The molecular formula is C20H24N2O2. The van der Waals surface area contributed by atoms with Crippen LogP contribution in [-0.2, 0) is 6.42 Å². The van der Waals surface area contributed by atoms with E-state index in [1.165, 1.54) is 5.56 Å². The van der Waals surface area contributed by atoms with Crippen molar-refractivity contribution in [2.45, 2.75) is 26.2 Å². The third kappa shape index (κ3) is 3.88. The van der Waals surface area contributed by atoms with Crippen LogP contribution in [0, 0.1) is 6.92 Å². The van der Waals surface area contributed by atoms with Crippen LogP contribution in [0.1, 0.15) is 24.0 Å². The van der Waals surface area contributed by atoms with Gasteiger partial charge in [-0.3, -0.25) is 4.90 Å². The molecule has 0 aliphatic carbocycles. The number of hydrogen-bond donors (Lipinski definition) is 1. The molecule has 4 heteroatoms. The highest BCUT2D eigenvalue weighted by atomic mass is 16.5. The molecule has 0 fully saturated rings. The van der Waals surface area contributed by atoms with Gasteiger partial charge in [0.25, 0.3) is 0 Å². The molecule has 0 atom stereocenters. The number of rotatable bonds is 5. The Morgan fingerprint density at radius 2 is 1.96 bits per heavy atom. The molecule has 0 unspecified atom stereocenters. The predicted molar refractivity (Wildman–Crippen MR) is 96.8 cm³/mol. The summed E-state index contributed by atoms with van der Waals surface area (Å²) in [5, 5.41) is 3.00. The van der Waals surface area contributed by atoms with Crippen LogP contribution in [0.4, 0.5) is 10.5 Å². The first-order valence-electron chi connectivity index (χ1n) is 8.57. The van der Waals surface area contributed by atoms with Crippen molar-refractivity contribution in [3.8, 4) is 5.75 Å². The molecule has 0 saturated carbocycles. The molecule has 2 aromatic rings. The molecule has 126 valence electrons. The second kappa shape index (κ2) is 7.86. The topological polar surface area (TPSA) is 41.6 Å². The Morgan fingerprint density at radius 3 is 2.83 bits per heavy atom. The number of para-hydroxylation sites is 2. The number of amides is 2. The molecule has 2 amide bonds. The molecule has 0 radical (unpaired) electrons. The standard InChI is InChI=1S/C20H24N2O2/c1-16-8-2-5-12-19(16)24-15-7-13-21-20(23)22-14-6-10-17-9-3-4-11-18(17)22/h2-5,8-9,11-12H,6-7,10,13-15H2,1H3,(H,21,23). The fraction of sp³-hybridized carbons (Fsp3) is 0.350. The van der Waals surface area contributed by atoms with Crippen LogP contribution in [0.3, 0.4) is 0 Å². The van der Waals surface area contributed by atoms with Gasteiger partial charge in [-0.15, -0.1) is 0 Å². The summed E-state index contributed by atoms with van der Waals surface area (Å²) in [6.45, 7) is 4.03. The molecule has 24 heavy (non-hydrogen) atoms. The molecule has 4 nitrogen and oxygen atoms in total. The van der Waals surface area contributed by atoms with Crippen LogP contribution in [0.2, 0.25) is 0 Å². The van der Waals surface area contributed by atoms with E-state index < -0.39 is 0 Å². The number of fused-ring (bicyclic) bond motifs is 1. The highest BCUT2D eigenvalue weighted by Crippen LogP contribution is 2.26. The van der Waals surface area contributed by atoms with Crippen molar-refractivity contribution in [1.29, 1.82) is 0 Å². The number of anilines is 1. The van der Waals surface area contributed by atoms with E-state index in [-0.39, 0.29) is 6.03 Å². The van der Waals surface area contributed by atoms with Gasteiger partial charge >= 0.3 is 6.03 Å². The van der Waals surface area contributed by atoms with Gasteiger partial charge in [0.15, 0.2) is 0 Å². The third-order valence-corrected chi connectivity index (χ3v) is 4.30. The number of aryl methyl sites for hydroxylation is 2. The molecule has 0 bridgehead atoms. The Bertz CT molecular complexity index is 700. The van der Waals surface area contributed by atoms with Gasteiger partial charge in [0.05, 0.1) is 6.61 Å². The van der Waals surface area contributed by atoms with Crippen LogP contribution >= 0.6 is 0 Å². The second-order valence-electron chi connectivity index (χ2n) is 6.08. The first-order valence-corrected chi connectivity index (χ1v) is 8.57. The van der Waals surface area contributed by atoms with Crippen molar-refractivity contribution in [3.05, 3.63) is 59.7 Å². The average molecular weight is 324 g/mol. The quantitative estimate of drug-likeness (QED) is 0.847. The molecule has 1 aliphatic heterocycles. The molecule has 1 heterocycles. The maximum Gasteiger partial charge on any atom is 0.321 e. The monoisotopic (exact) mass is 324 g/mol. The lowest BCUT2D eigenvalue weighted by Gasteiger charge is -2.29. The Morgan fingerprint density at radius 1 is 1.17 bits per heavy atom. The van der Waals surface area contributed by atoms with Gasteiger partial charge in [0.2, 0.25) is 0 Å². The average Bonchev–Trinajstić information content (AvgIpc) is 2.62. The Balaban J connectivity index is 1.44. The minimum absolute atomic E-state index is 0.0157. The van der Waals surface area contributed by atoms with Gasteiger partial charge in [0, 0.05) is 18.8 Å².